The Kier molecular flexibility index (Phi) is 14.0. The normalized spacial score (nSPS) is 10.7. The molecule has 0 unspecified atom stereocenters. The molecule has 0 saturated carbocycles. The highest BCUT2D eigenvalue weighted by Crippen LogP contribution is 2.11. The number of aliphatic carboxylic acids is 1. The lowest BCUT2D eigenvalue weighted by molar-refractivity contribution is -0.137. The van der Waals surface area contributed by atoms with Crippen molar-refractivity contribution < 1.29 is 15.0 Å². The van der Waals surface area contributed by atoms with Gasteiger partial charge in [-0.1, -0.05) is 57.8 Å². The molecule has 107 valence electrons. The molecule has 0 bridgehead atoms. The van der Waals surface area contributed by atoms with Crippen LogP contribution in [0.1, 0.15) is 77.0 Å². The second-order valence-corrected chi connectivity index (χ2v) is 4.92. The van der Waals surface area contributed by atoms with Crippen molar-refractivity contribution in [1.29, 1.82) is 0 Å². The van der Waals surface area contributed by atoms with Gasteiger partial charge in [0, 0.05) is 13.0 Å². The van der Waals surface area contributed by atoms with Crippen LogP contribution in [0.4, 0.5) is 0 Å². The highest BCUT2D eigenvalue weighted by Gasteiger charge is 1.96. The van der Waals surface area contributed by atoms with Gasteiger partial charge in [0.05, 0.1) is 0 Å². The molecule has 1 radical (unpaired) electrons. The summed E-state index contributed by atoms with van der Waals surface area (Å²) in [5.74, 6) is -0.678. The van der Waals surface area contributed by atoms with Gasteiger partial charge in [0.15, 0.2) is 0 Å². The minimum Gasteiger partial charge on any atom is -0.481 e. The van der Waals surface area contributed by atoms with Crippen molar-refractivity contribution >= 4 is 5.97 Å². The third kappa shape index (κ3) is 15.4. The summed E-state index contributed by atoms with van der Waals surface area (Å²) in [5, 5.41) is 17.1. The quantitative estimate of drug-likeness (QED) is 0.463. The minimum absolute atomic E-state index is 0.317. The second kappa shape index (κ2) is 14.5. The molecule has 0 aliphatic carbocycles. The van der Waals surface area contributed by atoms with E-state index in [-0.39, 0.29) is 0 Å². The Labute approximate surface area is 112 Å². The van der Waals surface area contributed by atoms with Crippen LogP contribution in [-0.2, 0) is 4.79 Å². The van der Waals surface area contributed by atoms with Crippen LogP contribution in [0.3, 0.4) is 0 Å². The largest absolute Gasteiger partial charge is 0.481 e. The summed E-state index contributed by atoms with van der Waals surface area (Å²) < 4.78 is 0. The number of carbonyl (C=O) groups is 1. The molecular formula is C15H29O3. The predicted octanol–water partition coefficient (Wildman–Crippen LogP) is 3.95. The fraction of sp³-hybridized carbons (Fsp3) is 0.867. The van der Waals surface area contributed by atoms with Crippen molar-refractivity contribution in [2.24, 2.45) is 0 Å². The number of aliphatic hydroxyl groups excluding tert-OH is 1. The molecule has 0 aromatic heterocycles. The molecule has 0 fully saturated rings. The standard InChI is InChI=1S/C15H29O3/c16-14-12-10-8-6-4-2-1-3-5-7-9-11-13-15(17)18/h1,16H,2-14H2,(H,17,18). The van der Waals surface area contributed by atoms with Crippen molar-refractivity contribution in [2.45, 2.75) is 77.0 Å². The van der Waals surface area contributed by atoms with Crippen LogP contribution in [0.2, 0.25) is 0 Å². The Morgan fingerprint density at radius 1 is 0.778 bits per heavy atom. The van der Waals surface area contributed by atoms with Gasteiger partial charge in [-0.15, -0.1) is 0 Å². The number of hydrogen-bond acceptors (Lipinski definition) is 2. The van der Waals surface area contributed by atoms with E-state index in [1.165, 1.54) is 38.5 Å². The van der Waals surface area contributed by atoms with Gasteiger partial charge in [-0.2, -0.15) is 0 Å². The number of unbranched alkanes of at least 4 members (excludes halogenated alkanes) is 11. The maximum atomic E-state index is 10.3. The highest BCUT2D eigenvalue weighted by atomic mass is 16.4. The lowest BCUT2D eigenvalue weighted by Crippen LogP contribution is -1.93. The summed E-state index contributed by atoms with van der Waals surface area (Å²) in [7, 11) is 0. The molecule has 0 atom stereocenters. The van der Waals surface area contributed by atoms with E-state index >= 15 is 0 Å². The van der Waals surface area contributed by atoms with Crippen molar-refractivity contribution in [3.8, 4) is 0 Å². The zero-order chi connectivity index (χ0) is 13.5. The predicted molar refractivity (Wildman–Crippen MR) is 74.4 cm³/mol. The first-order valence-electron chi connectivity index (χ1n) is 7.41. The van der Waals surface area contributed by atoms with Gasteiger partial charge >= 0.3 is 5.97 Å². The van der Waals surface area contributed by atoms with E-state index in [1.807, 2.05) is 0 Å². The second-order valence-electron chi connectivity index (χ2n) is 4.92. The number of rotatable bonds is 14. The first-order valence-corrected chi connectivity index (χ1v) is 7.41. The topological polar surface area (TPSA) is 57.5 Å². The van der Waals surface area contributed by atoms with Gasteiger partial charge in [-0.25, -0.2) is 0 Å². The zero-order valence-corrected chi connectivity index (χ0v) is 11.6. The Hall–Kier alpha value is -0.570. The monoisotopic (exact) mass is 257 g/mol. The van der Waals surface area contributed by atoms with Gasteiger partial charge in [0.2, 0.25) is 0 Å². The zero-order valence-electron chi connectivity index (χ0n) is 11.6. The van der Waals surface area contributed by atoms with Crippen LogP contribution in [0.25, 0.3) is 0 Å². The van der Waals surface area contributed by atoms with E-state index in [1.54, 1.807) is 0 Å². The average Bonchev–Trinajstić information content (AvgIpc) is 2.34. The van der Waals surface area contributed by atoms with Gasteiger partial charge in [-0.3, -0.25) is 4.79 Å². The molecule has 2 N–H and O–H groups in total. The first kappa shape index (κ1) is 17.4. The molecule has 0 rings (SSSR count). The van der Waals surface area contributed by atoms with Gasteiger partial charge < -0.3 is 10.2 Å². The van der Waals surface area contributed by atoms with Crippen LogP contribution in [0, 0.1) is 6.42 Å². The molecule has 3 heteroatoms. The molecule has 3 nitrogen and oxygen atoms in total. The van der Waals surface area contributed by atoms with Crippen molar-refractivity contribution in [2.75, 3.05) is 6.61 Å². The molecule has 0 spiro atoms. The van der Waals surface area contributed by atoms with Crippen molar-refractivity contribution in [1.82, 2.24) is 0 Å². The molecule has 0 aromatic carbocycles. The molecule has 0 aliphatic rings. The number of aliphatic hydroxyl groups is 1. The van der Waals surface area contributed by atoms with Crippen LogP contribution in [0.15, 0.2) is 0 Å². The van der Waals surface area contributed by atoms with Crippen LogP contribution in [-0.4, -0.2) is 22.8 Å². The molecule has 0 amide bonds. The molecule has 18 heavy (non-hydrogen) atoms. The summed E-state index contributed by atoms with van der Waals surface area (Å²) in [6.07, 6.45) is 15.1. The average molecular weight is 257 g/mol. The van der Waals surface area contributed by atoms with E-state index in [9.17, 15) is 4.79 Å². The Morgan fingerprint density at radius 2 is 1.28 bits per heavy atom. The van der Waals surface area contributed by atoms with Gasteiger partial charge in [0.25, 0.3) is 0 Å². The molecule has 0 saturated heterocycles. The fourth-order valence-corrected chi connectivity index (χ4v) is 1.99. The Bertz CT molecular complexity index is 181. The summed E-state index contributed by atoms with van der Waals surface area (Å²) in [5.41, 5.74) is 0. The van der Waals surface area contributed by atoms with Crippen molar-refractivity contribution in [3.63, 3.8) is 0 Å². The third-order valence-corrected chi connectivity index (χ3v) is 3.12. The molecule has 0 aliphatic heterocycles. The lowest BCUT2D eigenvalue weighted by Gasteiger charge is -2.02. The van der Waals surface area contributed by atoms with Crippen LogP contribution < -0.4 is 0 Å². The van der Waals surface area contributed by atoms with E-state index in [4.69, 9.17) is 10.2 Å². The van der Waals surface area contributed by atoms with Crippen LogP contribution >= 0.6 is 0 Å². The van der Waals surface area contributed by atoms with E-state index in [0.717, 1.165) is 32.1 Å². The maximum absolute atomic E-state index is 10.3. The first-order chi connectivity index (χ1) is 8.77. The Balaban J connectivity index is 2.92. The lowest BCUT2D eigenvalue weighted by atomic mass is 10.0. The Morgan fingerprint density at radius 3 is 1.83 bits per heavy atom. The third-order valence-electron chi connectivity index (χ3n) is 3.12. The van der Waals surface area contributed by atoms with E-state index < -0.39 is 5.97 Å². The molecule has 0 heterocycles. The number of hydrogen-bond donors (Lipinski definition) is 2. The van der Waals surface area contributed by atoms with Crippen molar-refractivity contribution in [3.05, 3.63) is 6.42 Å². The van der Waals surface area contributed by atoms with Crippen LogP contribution in [0.5, 0.6) is 0 Å². The molecule has 0 aromatic rings. The summed E-state index contributed by atoms with van der Waals surface area (Å²) in [6.45, 7) is 0.327. The smallest absolute Gasteiger partial charge is 0.303 e. The van der Waals surface area contributed by atoms with E-state index in [2.05, 4.69) is 6.42 Å². The van der Waals surface area contributed by atoms with E-state index in [0.29, 0.717) is 13.0 Å². The van der Waals surface area contributed by atoms with Gasteiger partial charge in [0.1, 0.15) is 0 Å². The maximum Gasteiger partial charge on any atom is 0.303 e. The summed E-state index contributed by atoms with van der Waals surface area (Å²) in [4.78, 5) is 10.3. The summed E-state index contributed by atoms with van der Waals surface area (Å²) in [6, 6.07) is 0. The summed E-state index contributed by atoms with van der Waals surface area (Å²) >= 11 is 0. The molecular weight excluding hydrogens is 228 g/mol. The highest BCUT2D eigenvalue weighted by molar-refractivity contribution is 5.66. The fourth-order valence-electron chi connectivity index (χ4n) is 1.99. The number of carboxylic acid groups (broad SMARTS) is 1. The SMILES string of the molecule is O=C(O)CCCCCC[CH]CCCCCCCO. The number of carboxylic acids is 1. The van der Waals surface area contributed by atoms with Gasteiger partial charge in [-0.05, 0) is 19.3 Å². The minimum atomic E-state index is -0.678.